The number of carbonyl (C=O) groups is 3. The summed E-state index contributed by atoms with van der Waals surface area (Å²) >= 11 is 0. The van der Waals surface area contributed by atoms with Gasteiger partial charge in [0.15, 0.2) is 6.04 Å². The molecule has 4 aromatic carbocycles. The van der Waals surface area contributed by atoms with Crippen LogP contribution >= 0.6 is 0 Å². The molecule has 45 heavy (non-hydrogen) atoms. The summed E-state index contributed by atoms with van der Waals surface area (Å²) in [5.74, 6) is -1.05. The van der Waals surface area contributed by atoms with Gasteiger partial charge in [-0.25, -0.2) is 9.59 Å². The van der Waals surface area contributed by atoms with Gasteiger partial charge in [0.2, 0.25) is 5.91 Å². The number of urea groups is 1. The molecule has 2 saturated heterocycles. The van der Waals surface area contributed by atoms with Crippen LogP contribution in [0.2, 0.25) is 0 Å². The lowest BCUT2D eigenvalue weighted by atomic mass is 9.79. The summed E-state index contributed by atoms with van der Waals surface area (Å²) in [4.78, 5) is 47.3. The van der Waals surface area contributed by atoms with E-state index in [-0.39, 0.29) is 13.1 Å². The maximum Gasteiger partial charge on any atom is 0.331 e. The Kier molecular flexibility index (Phi) is 8.67. The molecule has 8 heteroatoms. The molecule has 0 saturated carbocycles. The van der Waals surface area contributed by atoms with E-state index < -0.39 is 41.6 Å². The minimum atomic E-state index is -1.52. The zero-order chi connectivity index (χ0) is 31.4. The van der Waals surface area contributed by atoms with Crippen LogP contribution in [0.4, 0.5) is 4.79 Å². The van der Waals surface area contributed by atoms with E-state index in [0.717, 1.165) is 11.1 Å². The summed E-state index contributed by atoms with van der Waals surface area (Å²) in [5, 5.41) is 12.7. The summed E-state index contributed by atoms with van der Waals surface area (Å²) in [5.41, 5.74) is 1.47. The van der Waals surface area contributed by atoms with Crippen LogP contribution in [0.25, 0.3) is 0 Å². The van der Waals surface area contributed by atoms with Crippen LogP contribution in [0.15, 0.2) is 121 Å². The number of rotatable bonds is 9. The first kappa shape index (κ1) is 30.1. The van der Waals surface area contributed by atoms with Gasteiger partial charge in [-0.15, -0.1) is 0 Å². The molecule has 0 aliphatic carbocycles. The van der Waals surface area contributed by atoms with E-state index in [1.807, 2.05) is 121 Å². The van der Waals surface area contributed by atoms with E-state index in [2.05, 4.69) is 0 Å². The van der Waals surface area contributed by atoms with E-state index in [4.69, 9.17) is 4.74 Å². The standard InChI is InChI=1S/C37H37N3O5/c1-45-35(42)33-32(39(25-27-15-6-2-7-16-27)36(43)40(33)26-28-17-8-3-9-18-28)34(41)38-24-14-23-31(38)37(44,29-19-10-4-11-20-29)30-21-12-5-13-22-30/h2-13,15-22,31-33,44H,14,23-26H2,1H3/t31-,32+,33-/m1/s1. The largest absolute Gasteiger partial charge is 0.467 e. The Morgan fingerprint density at radius 3 is 1.64 bits per heavy atom. The molecule has 8 nitrogen and oxygen atoms in total. The van der Waals surface area contributed by atoms with Crippen molar-refractivity contribution in [3.05, 3.63) is 144 Å². The number of esters is 1. The number of carbonyl (C=O) groups excluding carboxylic acids is 3. The molecule has 0 radical (unpaired) electrons. The molecule has 0 unspecified atom stereocenters. The van der Waals surface area contributed by atoms with Crippen LogP contribution in [0, 0.1) is 0 Å². The van der Waals surface area contributed by atoms with Gasteiger partial charge in [0.1, 0.15) is 11.6 Å². The quantitative estimate of drug-likeness (QED) is 0.273. The average molecular weight is 604 g/mol. The number of methoxy groups -OCH3 is 1. The monoisotopic (exact) mass is 603 g/mol. The number of hydrogen-bond donors (Lipinski definition) is 1. The van der Waals surface area contributed by atoms with Crippen molar-refractivity contribution in [3.8, 4) is 0 Å². The molecule has 3 atom stereocenters. The predicted molar refractivity (Wildman–Crippen MR) is 170 cm³/mol. The Morgan fingerprint density at radius 1 is 0.733 bits per heavy atom. The SMILES string of the molecule is COC(=O)[C@H]1[C@@H](C(=O)N2CCC[C@@H]2C(O)(c2ccccc2)c2ccccc2)N(Cc2ccccc2)C(=O)N1Cc1ccccc1. The van der Waals surface area contributed by atoms with Crippen molar-refractivity contribution >= 4 is 17.9 Å². The van der Waals surface area contributed by atoms with Crippen LogP contribution in [-0.2, 0) is 33.0 Å². The Bertz CT molecular complexity index is 1580. The van der Waals surface area contributed by atoms with Gasteiger partial charge in [0, 0.05) is 19.6 Å². The normalized spacial score (nSPS) is 20.0. The van der Waals surface area contributed by atoms with Gasteiger partial charge >= 0.3 is 12.0 Å². The first-order chi connectivity index (χ1) is 21.9. The molecule has 1 N–H and O–H groups in total. The van der Waals surface area contributed by atoms with Crippen LogP contribution < -0.4 is 0 Å². The van der Waals surface area contributed by atoms with Crippen molar-refractivity contribution in [3.63, 3.8) is 0 Å². The fourth-order valence-corrected chi connectivity index (χ4v) is 6.85. The highest BCUT2D eigenvalue weighted by Crippen LogP contribution is 2.42. The smallest absolute Gasteiger partial charge is 0.331 e. The van der Waals surface area contributed by atoms with Crippen molar-refractivity contribution in [2.75, 3.05) is 13.7 Å². The van der Waals surface area contributed by atoms with E-state index >= 15 is 0 Å². The topological polar surface area (TPSA) is 90.4 Å². The van der Waals surface area contributed by atoms with E-state index in [1.54, 1.807) is 4.90 Å². The third kappa shape index (κ3) is 5.69. The molecular weight excluding hydrogens is 566 g/mol. The zero-order valence-electron chi connectivity index (χ0n) is 25.2. The van der Waals surface area contributed by atoms with Gasteiger partial charge in [-0.05, 0) is 35.1 Å². The third-order valence-electron chi connectivity index (χ3n) is 9.00. The van der Waals surface area contributed by atoms with Gasteiger partial charge in [-0.1, -0.05) is 121 Å². The highest BCUT2D eigenvalue weighted by atomic mass is 16.5. The molecule has 2 heterocycles. The Morgan fingerprint density at radius 2 is 1.18 bits per heavy atom. The number of likely N-dealkylation sites (tertiary alicyclic amines) is 1. The lowest BCUT2D eigenvalue weighted by Gasteiger charge is -2.41. The van der Waals surface area contributed by atoms with Gasteiger partial charge in [0.05, 0.1) is 13.2 Å². The van der Waals surface area contributed by atoms with E-state index in [9.17, 15) is 19.5 Å². The van der Waals surface area contributed by atoms with Crippen LogP contribution in [0.1, 0.15) is 35.1 Å². The number of amides is 3. The van der Waals surface area contributed by atoms with Crippen molar-refractivity contribution < 1.29 is 24.2 Å². The Balaban J connectivity index is 1.43. The van der Waals surface area contributed by atoms with E-state index in [1.165, 1.54) is 16.9 Å². The number of nitrogens with zero attached hydrogens (tertiary/aromatic N) is 3. The predicted octanol–water partition coefficient (Wildman–Crippen LogP) is 4.96. The van der Waals surface area contributed by atoms with Crippen molar-refractivity contribution in [2.45, 2.75) is 49.7 Å². The minimum Gasteiger partial charge on any atom is -0.467 e. The molecule has 2 fully saturated rings. The molecule has 2 aliphatic heterocycles. The van der Waals surface area contributed by atoms with Crippen molar-refractivity contribution in [1.82, 2.24) is 14.7 Å². The first-order valence-electron chi connectivity index (χ1n) is 15.3. The Hall–Kier alpha value is -4.95. The molecule has 0 bridgehead atoms. The Labute approximate surface area is 263 Å². The van der Waals surface area contributed by atoms with Gasteiger partial charge < -0.3 is 24.5 Å². The molecule has 0 aromatic heterocycles. The third-order valence-corrected chi connectivity index (χ3v) is 9.00. The lowest BCUT2D eigenvalue weighted by molar-refractivity contribution is -0.152. The summed E-state index contributed by atoms with van der Waals surface area (Å²) in [6, 6.07) is 34.2. The fourth-order valence-electron chi connectivity index (χ4n) is 6.85. The van der Waals surface area contributed by atoms with Gasteiger partial charge in [-0.2, -0.15) is 0 Å². The summed E-state index contributed by atoms with van der Waals surface area (Å²) < 4.78 is 5.25. The van der Waals surface area contributed by atoms with Crippen molar-refractivity contribution in [1.29, 1.82) is 0 Å². The van der Waals surface area contributed by atoms with Crippen LogP contribution in [-0.4, -0.2) is 69.5 Å². The molecule has 4 aromatic rings. The van der Waals surface area contributed by atoms with E-state index in [0.29, 0.717) is 30.5 Å². The van der Waals surface area contributed by atoms with Gasteiger partial charge in [0.25, 0.3) is 0 Å². The lowest BCUT2D eigenvalue weighted by Crippen LogP contribution is -2.58. The average Bonchev–Trinajstić information content (AvgIpc) is 3.69. The second-order valence-corrected chi connectivity index (χ2v) is 11.6. The summed E-state index contributed by atoms with van der Waals surface area (Å²) in [6.07, 6.45) is 1.20. The number of hydrogen-bond acceptors (Lipinski definition) is 5. The molecule has 230 valence electrons. The minimum absolute atomic E-state index is 0.134. The van der Waals surface area contributed by atoms with Crippen LogP contribution in [0.5, 0.6) is 0 Å². The number of benzene rings is 4. The summed E-state index contributed by atoms with van der Waals surface area (Å²) in [7, 11) is 1.27. The summed E-state index contributed by atoms with van der Waals surface area (Å²) in [6.45, 7) is 0.646. The number of aliphatic hydroxyl groups is 1. The van der Waals surface area contributed by atoms with Crippen LogP contribution in [0.3, 0.4) is 0 Å². The maximum absolute atomic E-state index is 14.9. The maximum atomic E-state index is 14.9. The molecule has 3 amide bonds. The molecule has 6 rings (SSSR count). The van der Waals surface area contributed by atoms with Gasteiger partial charge in [-0.3, -0.25) is 4.79 Å². The second kappa shape index (κ2) is 13.0. The highest BCUT2D eigenvalue weighted by molar-refractivity contribution is 5.99. The first-order valence-corrected chi connectivity index (χ1v) is 15.3. The second-order valence-electron chi connectivity index (χ2n) is 11.6. The van der Waals surface area contributed by atoms with Crippen molar-refractivity contribution in [2.24, 2.45) is 0 Å². The highest BCUT2D eigenvalue weighted by Gasteiger charge is 2.57. The molecule has 2 aliphatic rings. The number of ether oxygens (including phenoxy) is 1. The zero-order valence-corrected chi connectivity index (χ0v) is 25.2. The molecular formula is C37H37N3O5. The fraction of sp³-hybridized carbons (Fsp3) is 0.270. The molecule has 0 spiro atoms.